The number of piperazine rings is 1. The van der Waals surface area contributed by atoms with Gasteiger partial charge in [0, 0.05) is 58.8 Å². The lowest BCUT2D eigenvalue weighted by molar-refractivity contribution is -0.141. The summed E-state index contributed by atoms with van der Waals surface area (Å²) < 4.78 is 4.74. The molecule has 0 saturated carbocycles. The fourth-order valence-electron chi connectivity index (χ4n) is 5.72. The summed E-state index contributed by atoms with van der Waals surface area (Å²) in [6, 6.07) is 10.9. The Morgan fingerprint density at radius 3 is 1.95 bits per heavy atom. The Hall–Kier alpha value is -1.09. The summed E-state index contributed by atoms with van der Waals surface area (Å²) in [6.45, 7) is 8.46. The number of carbonyl (C=O) groups is 2. The van der Waals surface area contributed by atoms with E-state index >= 15 is 0 Å². The Bertz CT molecular complexity index is 780. The molecule has 1 aromatic rings. The molecule has 212 valence electrons. The number of methoxy groups -OCH3 is 1. The highest BCUT2D eigenvalue weighted by atomic mass is 35.5. The molecule has 3 heterocycles. The highest BCUT2D eigenvalue weighted by Crippen LogP contribution is 2.24. The molecular formula is C27H45Cl3N4O3. The summed E-state index contributed by atoms with van der Waals surface area (Å²) in [4.78, 5) is 28.5. The molecular weight excluding hydrogens is 535 g/mol. The molecule has 37 heavy (non-hydrogen) atoms. The van der Waals surface area contributed by atoms with Gasteiger partial charge in [-0.15, -0.1) is 37.2 Å². The van der Waals surface area contributed by atoms with E-state index in [1.54, 1.807) is 0 Å². The highest BCUT2D eigenvalue weighted by Gasteiger charge is 2.29. The van der Waals surface area contributed by atoms with Crippen LogP contribution in [0.25, 0.3) is 0 Å². The predicted molar refractivity (Wildman–Crippen MR) is 155 cm³/mol. The molecule has 0 atom stereocenters. The van der Waals surface area contributed by atoms with Crippen molar-refractivity contribution in [1.82, 2.24) is 19.8 Å². The number of nitrogens with zero attached hydrogens (tertiary/aromatic N) is 4. The van der Waals surface area contributed by atoms with Crippen molar-refractivity contribution in [2.24, 2.45) is 11.8 Å². The van der Waals surface area contributed by atoms with E-state index < -0.39 is 0 Å². The Labute approximate surface area is 241 Å². The summed E-state index contributed by atoms with van der Waals surface area (Å²) in [7, 11) is 1.44. The minimum absolute atomic E-state index is 0. The molecule has 10 heteroatoms. The van der Waals surface area contributed by atoms with E-state index in [1.807, 2.05) is 4.90 Å². The van der Waals surface area contributed by atoms with Crippen molar-refractivity contribution in [3.8, 4) is 0 Å². The number of piperidine rings is 2. The predicted octanol–water partition coefficient (Wildman–Crippen LogP) is 3.93. The number of amides is 1. The van der Waals surface area contributed by atoms with Crippen LogP contribution in [-0.2, 0) is 20.7 Å². The number of likely N-dealkylation sites (tertiary alicyclic amines) is 1. The largest absolute Gasteiger partial charge is 0.469 e. The van der Waals surface area contributed by atoms with Gasteiger partial charge in [-0.1, -0.05) is 30.3 Å². The van der Waals surface area contributed by atoms with E-state index in [4.69, 9.17) is 4.74 Å². The highest BCUT2D eigenvalue weighted by molar-refractivity contribution is 5.86. The van der Waals surface area contributed by atoms with Gasteiger partial charge in [0.1, 0.15) is 0 Å². The van der Waals surface area contributed by atoms with E-state index in [9.17, 15) is 9.59 Å². The Morgan fingerprint density at radius 1 is 0.784 bits per heavy atom. The number of hydrogen-bond acceptors (Lipinski definition) is 6. The second kappa shape index (κ2) is 17.5. The van der Waals surface area contributed by atoms with Crippen LogP contribution in [0.1, 0.15) is 44.1 Å². The zero-order valence-electron chi connectivity index (χ0n) is 22.1. The topological polar surface area (TPSA) is 56.3 Å². The molecule has 3 saturated heterocycles. The zero-order valence-corrected chi connectivity index (χ0v) is 24.5. The van der Waals surface area contributed by atoms with Crippen molar-refractivity contribution < 1.29 is 14.3 Å². The van der Waals surface area contributed by atoms with Gasteiger partial charge in [-0.3, -0.25) is 14.5 Å². The van der Waals surface area contributed by atoms with Crippen LogP contribution in [0, 0.1) is 11.8 Å². The lowest BCUT2D eigenvalue weighted by atomic mass is 9.91. The monoisotopic (exact) mass is 578 g/mol. The molecule has 1 aromatic carbocycles. The van der Waals surface area contributed by atoms with Gasteiger partial charge in [-0.2, -0.15) is 0 Å². The lowest BCUT2D eigenvalue weighted by Gasteiger charge is -2.44. The van der Waals surface area contributed by atoms with Gasteiger partial charge in [0.05, 0.1) is 13.7 Å². The molecule has 7 nitrogen and oxygen atoms in total. The molecule has 0 aliphatic carbocycles. The van der Waals surface area contributed by atoms with Crippen molar-refractivity contribution in [2.45, 2.75) is 44.9 Å². The first kappa shape index (κ1) is 33.9. The standard InChI is InChI=1S/C27H42N4O3.3ClH/c1-34-27(33)8-7-23-9-13-29(14-10-23)26(32)22-28-17-19-31(20-18-28)30-15-11-25(12-16-30)21-24-5-3-2-4-6-24;;;/h2-6,23,25H,7-22H2,1H3;3*1H. The quantitative estimate of drug-likeness (QED) is 0.435. The van der Waals surface area contributed by atoms with Crippen LogP contribution >= 0.6 is 37.2 Å². The fraction of sp³-hybridized carbons (Fsp3) is 0.704. The zero-order chi connectivity index (χ0) is 23.8. The van der Waals surface area contributed by atoms with E-state index in [0.717, 1.165) is 77.5 Å². The summed E-state index contributed by atoms with van der Waals surface area (Å²) >= 11 is 0. The van der Waals surface area contributed by atoms with E-state index in [0.29, 0.717) is 18.9 Å². The van der Waals surface area contributed by atoms with Crippen LogP contribution in [-0.4, -0.2) is 97.7 Å². The van der Waals surface area contributed by atoms with Crippen LogP contribution in [0.15, 0.2) is 30.3 Å². The first-order valence-corrected chi connectivity index (χ1v) is 13.2. The Balaban J connectivity index is 0.00000228. The van der Waals surface area contributed by atoms with Gasteiger partial charge < -0.3 is 9.64 Å². The first-order chi connectivity index (χ1) is 16.6. The second-order valence-corrected chi connectivity index (χ2v) is 10.3. The van der Waals surface area contributed by atoms with Crippen LogP contribution in [0.4, 0.5) is 0 Å². The maximum Gasteiger partial charge on any atom is 0.305 e. The third-order valence-corrected chi connectivity index (χ3v) is 8.02. The maximum atomic E-state index is 12.8. The van der Waals surface area contributed by atoms with Crippen molar-refractivity contribution in [3.63, 3.8) is 0 Å². The average Bonchev–Trinajstić information content (AvgIpc) is 2.89. The Kier molecular flexibility index (Phi) is 16.0. The molecule has 1 amide bonds. The van der Waals surface area contributed by atoms with Crippen molar-refractivity contribution in [1.29, 1.82) is 0 Å². The van der Waals surface area contributed by atoms with Crippen LogP contribution in [0.2, 0.25) is 0 Å². The third-order valence-electron chi connectivity index (χ3n) is 8.02. The maximum absolute atomic E-state index is 12.8. The van der Waals surface area contributed by atoms with Crippen molar-refractivity contribution >= 4 is 49.1 Å². The minimum atomic E-state index is -0.130. The van der Waals surface area contributed by atoms with Crippen molar-refractivity contribution in [3.05, 3.63) is 35.9 Å². The number of carbonyl (C=O) groups excluding carboxylic acids is 2. The summed E-state index contributed by atoms with van der Waals surface area (Å²) in [5.74, 6) is 1.46. The Morgan fingerprint density at radius 2 is 1.35 bits per heavy atom. The molecule has 4 rings (SSSR count). The number of rotatable bonds is 8. The molecule has 0 radical (unpaired) electrons. The molecule has 0 bridgehead atoms. The summed E-state index contributed by atoms with van der Waals surface area (Å²) in [6.07, 6.45) is 7.09. The average molecular weight is 580 g/mol. The third kappa shape index (κ3) is 10.5. The number of benzene rings is 1. The van der Waals surface area contributed by atoms with Crippen LogP contribution in [0.5, 0.6) is 0 Å². The number of hydrogen-bond donors (Lipinski definition) is 0. The summed E-state index contributed by atoms with van der Waals surface area (Å²) in [5, 5.41) is 5.08. The van der Waals surface area contributed by atoms with Crippen LogP contribution in [0.3, 0.4) is 0 Å². The molecule has 0 aromatic heterocycles. The normalized spacial score (nSPS) is 20.3. The number of esters is 1. The van der Waals surface area contributed by atoms with E-state index in [-0.39, 0.29) is 49.1 Å². The van der Waals surface area contributed by atoms with Gasteiger partial charge in [0.15, 0.2) is 0 Å². The van der Waals surface area contributed by atoms with Crippen LogP contribution < -0.4 is 0 Å². The van der Waals surface area contributed by atoms with Gasteiger partial charge in [-0.05, 0) is 55.9 Å². The molecule has 3 fully saturated rings. The second-order valence-electron chi connectivity index (χ2n) is 10.3. The summed E-state index contributed by atoms with van der Waals surface area (Å²) in [5.41, 5.74) is 1.46. The minimum Gasteiger partial charge on any atom is -0.469 e. The van der Waals surface area contributed by atoms with Gasteiger partial charge in [0.25, 0.3) is 0 Å². The molecule has 0 N–H and O–H groups in total. The lowest BCUT2D eigenvalue weighted by Crippen LogP contribution is -2.57. The smallest absolute Gasteiger partial charge is 0.305 e. The molecule has 3 aliphatic heterocycles. The van der Waals surface area contributed by atoms with Gasteiger partial charge >= 0.3 is 5.97 Å². The van der Waals surface area contributed by atoms with Gasteiger partial charge in [-0.25, -0.2) is 10.0 Å². The number of halogens is 3. The number of ether oxygens (including phenoxy) is 1. The SMILES string of the molecule is COC(=O)CCC1CCN(C(=O)CN2CCN(N3CCC(Cc4ccccc4)CC3)CC2)CC1.Cl.Cl.Cl. The van der Waals surface area contributed by atoms with Crippen molar-refractivity contribution in [2.75, 3.05) is 66.0 Å². The number of hydrazine groups is 1. The molecule has 3 aliphatic rings. The molecule has 0 spiro atoms. The molecule has 0 unspecified atom stereocenters. The fourth-order valence-corrected chi connectivity index (χ4v) is 5.72. The first-order valence-electron chi connectivity index (χ1n) is 13.2. The van der Waals surface area contributed by atoms with Gasteiger partial charge in [0.2, 0.25) is 5.91 Å². The van der Waals surface area contributed by atoms with E-state index in [2.05, 4.69) is 45.2 Å². The van der Waals surface area contributed by atoms with E-state index in [1.165, 1.54) is 31.9 Å².